The van der Waals surface area contributed by atoms with E-state index in [2.05, 4.69) is 20.9 Å². The summed E-state index contributed by atoms with van der Waals surface area (Å²) in [5, 5.41) is 10.3. The second kappa shape index (κ2) is 9.95. The van der Waals surface area contributed by atoms with Crippen LogP contribution in [-0.2, 0) is 22.6 Å². The number of ether oxygens (including phenoxy) is 1. The Bertz CT molecular complexity index is 1150. The lowest BCUT2D eigenvalue weighted by Gasteiger charge is -2.32. The minimum absolute atomic E-state index is 0.120. The Hall–Kier alpha value is -2.87. The summed E-state index contributed by atoms with van der Waals surface area (Å²) in [5.41, 5.74) is 2.76. The van der Waals surface area contributed by atoms with Crippen LogP contribution in [-0.4, -0.2) is 50.6 Å². The van der Waals surface area contributed by atoms with E-state index in [1.54, 1.807) is 4.57 Å². The molecule has 3 heterocycles. The Morgan fingerprint density at radius 2 is 1.85 bits per heavy atom. The number of piperidine rings is 1. The molecule has 1 amide bonds. The quantitative estimate of drug-likeness (QED) is 0.466. The molecule has 0 atom stereocenters. The summed E-state index contributed by atoms with van der Waals surface area (Å²) < 4.78 is 8.04. The topological polar surface area (TPSA) is 84.7 Å². The summed E-state index contributed by atoms with van der Waals surface area (Å²) in [5.74, 6) is 0.307. The molecule has 1 N–H and O–H groups in total. The number of hydrogen-bond donors (Lipinski definition) is 1. The normalized spacial score (nSPS) is 14.7. The van der Waals surface area contributed by atoms with E-state index in [1.165, 1.54) is 0 Å². The third-order valence-corrected chi connectivity index (χ3v) is 6.40. The van der Waals surface area contributed by atoms with E-state index >= 15 is 0 Å². The maximum absolute atomic E-state index is 12.9. The van der Waals surface area contributed by atoms with E-state index in [9.17, 15) is 14.7 Å². The SMILES string of the molecule is CC(C)Oc1ccc(CC(=O)N2CCC(c3cn(CC(=O)O)c4nc(Br)ccc34)CC2)cc1. The fraction of sp³-hybridized carbons (Fsp3) is 0.400. The van der Waals surface area contributed by atoms with Crippen molar-refractivity contribution >= 4 is 38.8 Å². The number of aliphatic carboxylic acids is 1. The van der Waals surface area contributed by atoms with Crippen LogP contribution < -0.4 is 4.74 Å². The number of halogens is 1. The zero-order valence-electron chi connectivity index (χ0n) is 18.8. The van der Waals surface area contributed by atoms with Gasteiger partial charge in [0.1, 0.15) is 22.5 Å². The van der Waals surface area contributed by atoms with E-state index in [1.807, 2.05) is 61.3 Å². The van der Waals surface area contributed by atoms with Crippen LogP contribution in [0.15, 0.2) is 47.2 Å². The Balaban J connectivity index is 1.41. The molecule has 3 aromatic rings. The lowest BCUT2D eigenvalue weighted by atomic mass is 9.89. The summed E-state index contributed by atoms with van der Waals surface area (Å²) in [4.78, 5) is 30.6. The number of carboxylic acid groups (broad SMARTS) is 1. The molecule has 0 spiro atoms. The average molecular weight is 514 g/mol. The van der Waals surface area contributed by atoms with Crippen molar-refractivity contribution in [2.45, 2.75) is 51.7 Å². The van der Waals surface area contributed by atoms with Crippen molar-refractivity contribution in [1.29, 1.82) is 0 Å². The molecule has 174 valence electrons. The van der Waals surface area contributed by atoms with Crippen molar-refractivity contribution in [3.05, 3.63) is 58.3 Å². The van der Waals surface area contributed by atoms with Gasteiger partial charge in [0, 0.05) is 24.7 Å². The molecule has 1 aliphatic rings. The molecule has 1 fully saturated rings. The van der Waals surface area contributed by atoms with Crippen LogP contribution in [0.3, 0.4) is 0 Å². The van der Waals surface area contributed by atoms with Crippen LogP contribution in [0.4, 0.5) is 0 Å². The molecule has 4 rings (SSSR count). The summed E-state index contributed by atoms with van der Waals surface area (Å²) in [6.07, 6.45) is 4.10. The second-order valence-electron chi connectivity index (χ2n) is 8.75. The molecule has 8 heteroatoms. The highest BCUT2D eigenvalue weighted by Crippen LogP contribution is 2.34. The minimum atomic E-state index is -0.899. The van der Waals surface area contributed by atoms with Crippen LogP contribution in [0.25, 0.3) is 11.0 Å². The highest BCUT2D eigenvalue weighted by Gasteiger charge is 2.27. The summed E-state index contributed by atoms with van der Waals surface area (Å²) in [6.45, 7) is 5.22. The van der Waals surface area contributed by atoms with Gasteiger partial charge >= 0.3 is 5.97 Å². The van der Waals surface area contributed by atoms with Crippen molar-refractivity contribution in [3.8, 4) is 5.75 Å². The highest BCUT2D eigenvalue weighted by molar-refractivity contribution is 9.10. The summed E-state index contributed by atoms with van der Waals surface area (Å²) in [6, 6.07) is 11.6. The van der Waals surface area contributed by atoms with Crippen LogP contribution in [0, 0.1) is 0 Å². The molecule has 0 aliphatic carbocycles. The molecule has 1 aromatic carbocycles. The number of rotatable bonds is 7. The summed E-state index contributed by atoms with van der Waals surface area (Å²) >= 11 is 3.38. The molecule has 1 saturated heterocycles. The molecule has 0 unspecified atom stereocenters. The smallest absolute Gasteiger partial charge is 0.323 e. The highest BCUT2D eigenvalue weighted by atomic mass is 79.9. The van der Waals surface area contributed by atoms with E-state index in [-0.39, 0.29) is 24.5 Å². The molecular formula is C25H28BrN3O4. The fourth-order valence-electron chi connectivity index (χ4n) is 4.44. The molecule has 0 radical (unpaired) electrons. The molecule has 0 saturated carbocycles. The molecule has 2 aromatic heterocycles. The first kappa shape index (κ1) is 23.3. The first-order valence-electron chi connectivity index (χ1n) is 11.2. The maximum atomic E-state index is 12.9. The first-order chi connectivity index (χ1) is 15.8. The number of pyridine rings is 1. The number of nitrogens with zero attached hydrogens (tertiary/aromatic N) is 3. The van der Waals surface area contributed by atoms with Gasteiger partial charge in [-0.3, -0.25) is 9.59 Å². The van der Waals surface area contributed by atoms with Crippen molar-refractivity contribution in [2.75, 3.05) is 13.1 Å². The molecular weight excluding hydrogens is 486 g/mol. The molecule has 1 aliphatic heterocycles. The molecule has 7 nitrogen and oxygen atoms in total. The van der Waals surface area contributed by atoms with E-state index < -0.39 is 5.97 Å². The van der Waals surface area contributed by atoms with Gasteiger partial charge in [0.15, 0.2) is 0 Å². The molecule has 0 bridgehead atoms. The van der Waals surface area contributed by atoms with Crippen LogP contribution in [0.1, 0.15) is 43.7 Å². The first-order valence-corrected chi connectivity index (χ1v) is 12.0. The van der Waals surface area contributed by atoms with Crippen LogP contribution in [0.2, 0.25) is 0 Å². The number of carbonyl (C=O) groups is 2. The fourth-order valence-corrected chi connectivity index (χ4v) is 4.74. The van der Waals surface area contributed by atoms with Gasteiger partial charge in [-0.15, -0.1) is 0 Å². The number of hydrogen-bond acceptors (Lipinski definition) is 4. The van der Waals surface area contributed by atoms with Gasteiger partial charge in [-0.25, -0.2) is 4.98 Å². The number of carbonyl (C=O) groups excluding carboxylic acids is 1. The number of aromatic nitrogens is 2. The number of benzene rings is 1. The van der Waals surface area contributed by atoms with Crippen molar-refractivity contribution in [1.82, 2.24) is 14.5 Å². The Labute approximate surface area is 201 Å². The minimum Gasteiger partial charge on any atom is -0.491 e. The number of carboxylic acids is 1. The average Bonchev–Trinajstić information content (AvgIpc) is 3.11. The van der Waals surface area contributed by atoms with Gasteiger partial charge in [-0.05, 0) is 83.9 Å². The van der Waals surface area contributed by atoms with E-state index in [0.717, 1.165) is 35.1 Å². The number of fused-ring (bicyclic) bond motifs is 1. The van der Waals surface area contributed by atoms with Gasteiger partial charge in [-0.2, -0.15) is 0 Å². The van der Waals surface area contributed by atoms with E-state index in [0.29, 0.717) is 29.8 Å². The Morgan fingerprint density at radius 1 is 1.15 bits per heavy atom. The zero-order chi connectivity index (χ0) is 23.5. The van der Waals surface area contributed by atoms with Gasteiger partial charge in [0.05, 0.1) is 12.5 Å². The van der Waals surface area contributed by atoms with Crippen molar-refractivity contribution in [2.24, 2.45) is 0 Å². The lowest BCUT2D eigenvalue weighted by molar-refractivity contribution is -0.137. The number of likely N-dealkylation sites (tertiary alicyclic amines) is 1. The Kier molecular flexibility index (Phi) is 7.02. The van der Waals surface area contributed by atoms with Gasteiger partial charge < -0.3 is 19.3 Å². The van der Waals surface area contributed by atoms with Crippen LogP contribution >= 0.6 is 15.9 Å². The van der Waals surface area contributed by atoms with Crippen molar-refractivity contribution < 1.29 is 19.4 Å². The number of amides is 1. The predicted molar refractivity (Wildman–Crippen MR) is 130 cm³/mol. The third kappa shape index (κ3) is 5.55. The molecule has 33 heavy (non-hydrogen) atoms. The van der Waals surface area contributed by atoms with Gasteiger partial charge in [-0.1, -0.05) is 12.1 Å². The lowest BCUT2D eigenvalue weighted by Crippen LogP contribution is -2.38. The van der Waals surface area contributed by atoms with E-state index in [4.69, 9.17) is 4.74 Å². The van der Waals surface area contributed by atoms with Crippen molar-refractivity contribution in [3.63, 3.8) is 0 Å². The van der Waals surface area contributed by atoms with Crippen LogP contribution in [0.5, 0.6) is 5.75 Å². The summed E-state index contributed by atoms with van der Waals surface area (Å²) in [7, 11) is 0. The predicted octanol–water partition coefficient (Wildman–Crippen LogP) is 4.62. The van der Waals surface area contributed by atoms with Gasteiger partial charge in [0.2, 0.25) is 5.91 Å². The third-order valence-electron chi connectivity index (χ3n) is 5.96. The largest absolute Gasteiger partial charge is 0.491 e. The maximum Gasteiger partial charge on any atom is 0.323 e. The van der Waals surface area contributed by atoms with Gasteiger partial charge in [0.25, 0.3) is 0 Å². The zero-order valence-corrected chi connectivity index (χ0v) is 20.4. The Morgan fingerprint density at radius 3 is 2.48 bits per heavy atom. The monoisotopic (exact) mass is 513 g/mol. The second-order valence-corrected chi connectivity index (χ2v) is 9.57. The standard InChI is InChI=1S/C25H28BrN3O4/c1-16(2)33-19-5-3-17(4-6-19)13-23(30)28-11-9-18(10-12-28)21-14-29(15-24(31)32)25-20(21)7-8-22(26)27-25/h3-8,14,16,18H,9-13,15H2,1-2H3,(H,31,32).